The topological polar surface area (TPSA) is 65.1 Å². The lowest BCUT2D eigenvalue weighted by atomic mass is 9.77. The van der Waals surface area contributed by atoms with Crippen molar-refractivity contribution in [3.8, 4) is 11.5 Å². The number of carbonyl (C=O) groups excluding carboxylic acids is 2. The van der Waals surface area contributed by atoms with Crippen LogP contribution >= 0.6 is 11.6 Å². The predicted molar refractivity (Wildman–Crippen MR) is 118 cm³/mol. The number of hydrogen-bond acceptors (Lipinski definition) is 5. The van der Waals surface area contributed by atoms with Crippen molar-refractivity contribution < 1.29 is 23.8 Å². The van der Waals surface area contributed by atoms with Gasteiger partial charge in [0.25, 0.3) is 0 Å². The molecule has 2 atom stereocenters. The van der Waals surface area contributed by atoms with Crippen LogP contribution in [0.2, 0.25) is 5.02 Å². The third kappa shape index (κ3) is 4.75. The third-order valence-corrected chi connectivity index (χ3v) is 5.75. The van der Waals surface area contributed by atoms with E-state index in [1.807, 2.05) is 19.1 Å². The van der Waals surface area contributed by atoms with Gasteiger partial charge >= 0.3 is 5.97 Å². The second kappa shape index (κ2) is 9.98. The monoisotopic (exact) mass is 443 g/mol. The highest BCUT2D eigenvalue weighted by atomic mass is 35.5. The second-order valence-corrected chi connectivity index (χ2v) is 7.78. The van der Waals surface area contributed by atoms with Crippen molar-refractivity contribution in [2.24, 2.45) is 5.92 Å². The molecule has 2 aromatic carbocycles. The molecule has 1 amide bonds. The van der Waals surface area contributed by atoms with Gasteiger partial charge in [0.05, 0.1) is 19.3 Å². The molecule has 0 saturated carbocycles. The quantitative estimate of drug-likeness (QED) is 0.467. The molecule has 1 aliphatic rings. The van der Waals surface area contributed by atoms with Crippen LogP contribution in [0.25, 0.3) is 0 Å². The number of nitrogens with zero attached hydrogens (tertiary/aromatic N) is 1. The summed E-state index contributed by atoms with van der Waals surface area (Å²) in [4.78, 5) is 28.2. The molecule has 31 heavy (non-hydrogen) atoms. The molecule has 0 saturated heterocycles. The van der Waals surface area contributed by atoms with E-state index in [0.717, 1.165) is 5.56 Å². The van der Waals surface area contributed by atoms with Crippen LogP contribution in [-0.4, -0.2) is 44.1 Å². The summed E-state index contributed by atoms with van der Waals surface area (Å²) in [5.41, 5.74) is 1.80. The fourth-order valence-corrected chi connectivity index (χ4v) is 4.02. The molecular weight excluding hydrogens is 418 g/mol. The smallest absolute Gasteiger partial charge is 0.341 e. The first kappa shape index (κ1) is 22.8. The largest absolute Gasteiger partial charge is 0.493 e. The number of benzene rings is 2. The van der Waals surface area contributed by atoms with E-state index in [1.54, 1.807) is 55.3 Å². The van der Waals surface area contributed by atoms with Gasteiger partial charge in [-0.05, 0) is 36.8 Å². The highest BCUT2D eigenvalue weighted by Gasteiger charge is 2.42. The molecule has 7 heteroatoms. The van der Waals surface area contributed by atoms with Gasteiger partial charge in [-0.3, -0.25) is 4.79 Å². The van der Waals surface area contributed by atoms with Gasteiger partial charge in [0, 0.05) is 36.2 Å². The molecule has 0 spiro atoms. The summed E-state index contributed by atoms with van der Waals surface area (Å²) in [6.45, 7) is 4.30. The minimum Gasteiger partial charge on any atom is -0.493 e. The number of halogens is 1. The van der Waals surface area contributed by atoms with Crippen LogP contribution in [0, 0.1) is 5.92 Å². The van der Waals surface area contributed by atoms with Crippen LogP contribution in [0.5, 0.6) is 11.5 Å². The molecule has 6 nitrogen and oxygen atoms in total. The van der Waals surface area contributed by atoms with E-state index in [2.05, 4.69) is 0 Å². The number of hydrogen-bond donors (Lipinski definition) is 0. The van der Waals surface area contributed by atoms with E-state index in [4.69, 9.17) is 25.8 Å². The van der Waals surface area contributed by atoms with Crippen LogP contribution in [0.3, 0.4) is 0 Å². The predicted octanol–water partition coefficient (Wildman–Crippen LogP) is 4.44. The van der Waals surface area contributed by atoms with Crippen molar-refractivity contribution in [3.63, 3.8) is 0 Å². The zero-order chi connectivity index (χ0) is 22.5. The summed E-state index contributed by atoms with van der Waals surface area (Å²) < 4.78 is 16.2. The first-order valence-corrected chi connectivity index (χ1v) is 10.4. The fourth-order valence-electron chi connectivity index (χ4n) is 3.89. The van der Waals surface area contributed by atoms with E-state index >= 15 is 0 Å². The van der Waals surface area contributed by atoms with Gasteiger partial charge < -0.3 is 19.1 Å². The van der Waals surface area contributed by atoms with E-state index < -0.39 is 17.8 Å². The van der Waals surface area contributed by atoms with E-state index in [0.29, 0.717) is 40.9 Å². The van der Waals surface area contributed by atoms with Crippen molar-refractivity contribution in [1.82, 2.24) is 4.90 Å². The maximum absolute atomic E-state index is 13.4. The van der Waals surface area contributed by atoms with E-state index in [-0.39, 0.29) is 5.91 Å². The lowest BCUT2D eigenvalue weighted by Gasteiger charge is -2.38. The summed E-state index contributed by atoms with van der Waals surface area (Å²) in [6, 6.07) is 14.1. The molecular formula is C24H26ClNO5. The lowest BCUT2D eigenvalue weighted by molar-refractivity contribution is -0.137. The van der Waals surface area contributed by atoms with Gasteiger partial charge in [-0.2, -0.15) is 0 Å². The summed E-state index contributed by atoms with van der Waals surface area (Å²) in [5.74, 6) is -0.758. The van der Waals surface area contributed by atoms with Gasteiger partial charge in [-0.25, -0.2) is 4.79 Å². The standard InChI is InChI=1S/C24H26ClNO5/c1-15-21(17-9-11-18(25)12-10-17)22(16(2)26(23(15)27)13-14-29-3)24(28)31-20-8-6-5-7-19(20)30-4/h5-12,15,21H,13-14H2,1-4H3. The van der Waals surface area contributed by atoms with E-state index in [1.165, 1.54) is 7.11 Å². The Morgan fingerprint density at radius 1 is 1.06 bits per heavy atom. The Bertz CT molecular complexity index is 986. The van der Waals surface area contributed by atoms with Crippen LogP contribution < -0.4 is 9.47 Å². The number of ether oxygens (including phenoxy) is 3. The molecule has 0 N–H and O–H groups in total. The molecule has 0 bridgehead atoms. The third-order valence-electron chi connectivity index (χ3n) is 5.50. The Kier molecular flexibility index (Phi) is 7.36. The second-order valence-electron chi connectivity index (χ2n) is 7.34. The number of methoxy groups -OCH3 is 2. The zero-order valence-electron chi connectivity index (χ0n) is 18.1. The molecule has 1 aliphatic heterocycles. The Hall–Kier alpha value is -2.83. The summed E-state index contributed by atoms with van der Waals surface area (Å²) in [7, 11) is 3.09. The average molecular weight is 444 g/mol. The SMILES string of the molecule is COCCN1C(=O)C(C)C(c2ccc(Cl)cc2)C(C(=O)Oc2ccccc2OC)=C1C. The van der Waals surface area contributed by atoms with E-state index in [9.17, 15) is 9.59 Å². The van der Waals surface area contributed by atoms with Crippen molar-refractivity contribution in [3.05, 3.63) is 70.4 Å². The minimum absolute atomic E-state index is 0.0664. The van der Waals surface area contributed by atoms with Crippen LogP contribution in [-0.2, 0) is 14.3 Å². The normalized spacial score (nSPS) is 18.9. The summed E-state index contributed by atoms with van der Waals surface area (Å²) in [6.07, 6.45) is 0. The molecule has 3 rings (SSSR count). The molecule has 0 aliphatic carbocycles. The Morgan fingerprint density at radius 2 is 1.71 bits per heavy atom. The van der Waals surface area contributed by atoms with Crippen molar-refractivity contribution in [2.75, 3.05) is 27.4 Å². The maximum Gasteiger partial charge on any atom is 0.341 e. The number of allylic oxidation sites excluding steroid dienone is 1. The molecule has 2 aromatic rings. The van der Waals surface area contributed by atoms with Gasteiger partial charge in [0.15, 0.2) is 11.5 Å². The summed E-state index contributed by atoms with van der Waals surface area (Å²) in [5, 5.41) is 0.583. The first-order chi connectivity index (χ1) is 14.9. The number of para-hydroxylation sites is 2. The molecule has 0 aromatic heterocycles. The van der Waals surface area contributed by atoms with Crippen molar-refractivity contribution in [1.29, 1.82) is 0 Å². The van der Waals surface area contributed by atoms with Gasteiger partial charge in [-0.15, -0.1) is 0 Å². The molecule has 2 unspecified atom stereocenters. The lowest BCUT2D eigenvalue weighted by Crippen LogP contribution is -2.45. The summed E-state index contributed by atoms with van der Waals surface area (Å²) >= 11 is 6.06. The Labute approximate surface area is 187 Å². The number of esters is 1. The van der Waals surface area contributed by atoms with Crippen molar-refractivity contribution >= 4 is 23.5 Å². The molecule has 0 fully saturated rings. The van der Waals surface area contributed by atoms with Crippen LogP contribution in [0.15, 0.2) is 59.8 Å². The number of carbonyl (C=O) groups is 2. The van der Waals surface area contributed by atoms with Crippen LogP contribution in [0.1, 0.15) is 25.3 Å². The Balaban J connectivity index is 2.08. The highest BCUT2D eigenvalue weighted by Crippen LogP contribution is 2.41. The molecule has 1 heterocycles. The van der Waals surface area contributed by atoms with Gasteiger partial charge in [0.1, 0.15) is 0 Å². The minimum atomic E-state index is -0.524. The number of rotatable bonds is 7. The first-order valence-electron chi connectivity index (χ1n) is 10.0. The van der Waals surface area contributed by atoms with Gasteiger partial charge in [-0.1, -0.05) is 42.8 Å². The molecule has 164 valence electrons. The molecule has 0 radical (unpaired) electrons. The maximum atomic E-state index is 13.4. The zero-order valence-corrected chi connectivity index (χ0v) is 18.8. The van der Waals surface area contributed by atoms with Crippen molar-refractivity contribution in [2.45, 2.75) is 19.8 Å². The average Bonchev–Trinajstić information content (AvgIpc) is 2.77. The van der Waals surface area contributed by atoms with Crippen LogP contribution in [0.4, 0.5) is 0 Å². The fraction of sp³-hybridized carbons (Fsp3) is 0.333. The van der Waals surface area contributed by atoms with Gasteiger partial charge in [0.2, 0.25) is 5.91 Å². The Morgan fingerprint density at radius 3 is 2.32 bits per heavy atom. The number of amides is 1. The highest BCUT2D eigenvalue weighted by molar-refractivity contribution is 6.30.